The summed E-state index contributed by atoms with van der Waals surface area (Å²) in [5.41, 5.74) is 5.05. The van der Waals surface area contributed by atoms with Gasteiger partial charge in [0.15, 0.2) is 0 Å². The number of methoxy groups -OCH3 is 1. The molecule has 1 aliphatic rings. The summed E-state index contributed by atoms with van der Waals surface area (Å²) in [6, 6.07) is 23.3. The lowest BCUT2D eigenvalue weighted by atomic mass is 10.0. The van der Waals surface area contributed by atoms with E-state index in [0.717, 1.165) is 49.8 Å². The van der Waals surface area contributed by atoms with Gasteiger partial charge in [0.1, 0.15) is 12.0 Å². The molecule has 0 spiro atoms. The topological polar surface area (TPSA) is 77.6 Å². The van der Waals surface area contributed by atoms with E-state index >= 15 is 0 Å². The molecule has 0 fully saturated rings. The smallest absolute Gasteiger partial charge is 0.244 e. The Morgan fingerprint density at radius 2 is 1.86 bits per heavy atom. The minimum atomic E-state index is -0.876. The molecule has 3 N–H and O–H groups in total. The first-order valence-corrected chi connectivity index (χ1v) is 12.7. The van der Waals surface area contributed by atoms with E-state index in [9.17, 15) is 9.90 Å². The van der Waals surface area contributed by atoms with Crippen LogP contribution in [0.4, 0.5) is 5.69 Å². The van der Waals surface area contributed by atoms with Gasteiger partial charge in [0.2, 0.25) is 5.91 Å². The van der Waals surface area contributed by atoms with E-state index in [2.05, 4.69) is 34.6 Å². The molecule has 180 valence electrons. The number of thioether (sulfide) groups is 1. The van der Waals surface area contributed by atoms with Gasteiger partial charge in [-0.15, -0.1) is 11.8 Å². The van der Waals surface area contributed by atoms with Crippen LogP contribution in [-0.2, 0) is 23.4 Å². The van der Waals surface area contributed by atoms with Crippen molar-refractivity contribution in [2.45, 2.75) is 35.8 Å². The quantitative estimate of drug-likeness (QED) is 0.397. The van der Waals surface area contributed by atoms with E-state index in [1.807, 2.05) is 48.5 Å². The van der Waals surface area contributed by atoms with Crippen LogP contribution in [0.3, 0.4) is 0 Å². The number of benzene rings is 3. The van der Waals surface area contributed by atoms with Crippen LogP contribution in [0.25, 0.3) is 10.9 Å². The molecule has 35 heavy (non-hydrogen) atoms. The van der Waals surface area contributed by atoms with Gasteiger partial charge in [-0.3, -0.25) is 10.1 Å². The summed E-state index contributed by atoms with van der Waals surface area (Å²) >= 11 is 1.76. The van der Waals surface area contributed by atoms with E-state index in [1.165, 1.54) is 0 Å². The van der Waals surface area contributed by atoms with Crippen LogP contribution in [0, 0.1) is 0 Å². The average molecular weight is 488 g/mol. The highest BCUT2D eigenvalue weighted by molar-refractivity contribution is 7.98. The number of nitrogens with one attached hydrogen (secondary N) is 2. The highest BCUT2D eigenvalue weighted by Gasteiger charge is 2.27. The third kappa shape index (κ3) is 5.07. The van der Waals surface area contributed by atoms with Crippen molar-refractivity contribution in [1.82, 2.24) is 10.3 Å². The molecule has 6 nitrogen and oxygen atoms in total. The maximum atomic E-state index is 13.6. The predicted molar refractivity (Wildman–Crippen MR) is 141 cm³/mol. The lowest BCUT2D eigenvalue weighted by molar-refractivity contribution is -0.121. The number of amides is 1. The van der Waals surface area contributed by atoms with Crippen molar-refractivity contribution >= 4 is 34.3 Å². The number of likely N-dealkylation sites (N-methyl/N-ethyl adjacent to an activating group) is 1. The van der Waals surface area contributed by atoms with Crippen LogP contribution in [0.15, 0.2) is 77.7 Å². The number of nitrogens with zero attached hydrogens (tertiary/aromatic N) is 1. The maximum Gasteiger partial charge on any atom is 0.244 e. The maximum absolute atomic E-state index is 13.6. The van der Waals surface area contributed by atoms with Gasteiger partial charge in [0.25, 0.3) is 0 Å². The molecule has 0 saturated carbocycles. The standard InChI is InChI=1S/C28H29N3O3S/c1-31(19-10-12-20(34-2)13-11-19)28(33)25-15-18-6-5-7-21(14-18)35-17-26-23(16-27(32)30-25)22-8-3-4-9-24(22)29-26/h3-14,25,27,29-30,32H,15-17H2,1-2H3/t25-,27?/m0/s1. The molecular formula is C28H29N3O3S. The van der Waals surface area contributed by atoms with Gasteiger partial charge < -0.3 is 19.7 Å². The van der Waals surface area contributed by atoms with Gasteiger partial charge in [0.05, 0.1) is 13.2 Å². The molecular weight excluding hydrogens is 458 g/mol. The zero-order valence-corrected chi connectivity index (χ0v) is 20.6. The Balaban J connectivity index is 1.48. The monoisotopic (exact) mass is 487 g/mol. The van der Waals surface area contributed by atoms with Crippen molar-refractivity contribution in [2.24, 2.45) is 0 Å². The lowest BCUT2D eigenvalue weighted by Gasteiger charge is -2.27. The second-order valence-electron chi connectivity index (χ2n) is 8.80. The molecule has 2 atom stereocenters. The number of carbonyl (C=O) groups excluding carboxylic acids is 1. The van der Waals surface area contributed by atoms with E-state index in [0.29, 0.717) is 12.8 Å². The number of ether oxygens (including phenoxy) is 1. The van der Waals surface area contributed by atoms with Crippen LogP contribution < -0.4 is 15.0 Å². The molecule has 1 aromatic heterocycles. The second-order valence-corrected chi connectivity index (χ2v) is 9.85. The molecule has 7 heteroatoms. The Hall–Kier alpha value is -3.26. The molecule has 3 aromatic carbocycles. The minimum Gasteiger partial charge on any atom is -0.497 e. The largest absolute Gasteiger partial charge is 0.497 e. The van der Waals surface area contributed by atoms with Gasteiger partial charge in [-0.05, 0) is 60.0 Å². The van der Waals surface area contributed by atoms with Crippen molar-refractivity contribution in [3.8, 4) is 5.75 Å². The summed E-state index contributed by atoms with van der Waals surface area (Å²) in [6.45, 7) is 0. The molecule has 5 rings (SSSR count). The molecule has 1 unspecified atom stereocenters. The first-order valence-electron chi connectivity index (χ1n) is 11.7. The summed E-state index contributed by atoms with van der Waals surface area (Å²) in [4.78, 5) is 19.9. The Bertz CT molecular complexity index is 1340. The van der Waals surface area contributed by atoms with E-state index < -0.39 is 12.3 Å². The van der Waals surface area contributed by atoms with Gasteiger partial charge >= 0.3 is 0 Å². The van der Waals surface area contributed by atoms with Gasteiger partial charge in [-0.25, -0.2) is 0 Å². The summed E-state index contributed by atoms with van der Waals surface area (Å²) in [7, 11) is 3.38. The van der Waals surface area contributed by atoms with Crippen molar-refractivity contribution in [3.63, 3.8) is 0 Å². The number of H-pyrrole nitrogens is 1. The highest BCUT2D eigenvalue weighted by atomic mass is 32.2. The molecule has 1 aliphatic heterocycles. The van der Waals surface area contributed by atoms with Crippen LogP contribution in [0.5, 0.6) is 5.75 Å². The number of rotatable bonds is 3. The fourth-order valence-corrected chi connectivity index (χ4v) is 5.60. The van der Waals surface area contributed by atoms with Crippen LogP contribution >= 0.6 is 11.8 Å². The highest BCUT2D eigenvalue weighted by Crippen LogP contribution is 2.31. The fourth-order valence-electron chi connectivity index (χ4n) is 4.63. The number of carbonyl (C=O) groups is 1. The van der Waals surface area contributed by atoms with Gasteiger partial charge in [-0.2, -0.15) is 0 Å². The van der Waals surface area contributed by atoms with Crippen LogP contribution in [0.1, 0.15) is 16.8 Å². The van der Waals surface area contributed by atoms with Crippen molar-refractivity contribution in [1.29, 1.82) is 0 Å². The number of aromatic nitrogens is 1. The van der Waals surface area contributed by atoms with Crippen molar-refractivity contribution < 1.29 is 14.6 Å². The Kier molecular flexibility index (Phi) is 6.81. The molecule has 1 amide bonds. The zero-order chi connectivity index (χ0) is 24.4. The van der Waals surface area contributed by atoms with Crippen LogP contribution in [0.2, 0.25) is 0 Å². The summed E-state index contributed by atoms with van der Waals surface area (Å²) in [5, 5.41) is 15.5. The molecule has 2 bridgehead atoms. The third-order valence-electron chi connectivity index (χ3n) is 6.50. The van der Waals surface area contributed by atoms with Crippen molar-refractivity contribution in [2.75, 3.05) is 19.1 Å². The summed E-state index contributed by atoms with van der Waals surface area (Å²) in [6.07, 6.45) is 0.00820. The number of aromatic amines is 1. The number of hydrogen-bond acceptors (Lipinski definition) is 5. The minimum absolute atomic E-state index is 0.108. The molecule has 4 aromatic rings. The van der Waals surface area contributed by atoms with Gasteiger partial charge in [-0.1, -0.05) is 30.3 Å². The second kappa shape index (κ2) is 10.2. The summed E-state index contributed by atoms with van der Waals surface area (Å²) < 4.78 is 5.24. The predicted octanol–water partition coefficient (Wildman–Crippen LogP) is 4.51. The summed E-state index contributed by atoms with van der Waals surface area (Å²) in [5.74, 6) is 1.41. The lowest BCUT2D eigenvalue weighted by Crippen LogP contribution is -2.51. The van der Waals surface area contributed by atoms with E-state index in [-0.39, 0.29) is 5.91 Å². The zero-order valence-electron chi connectivity index (χ0n) is 19.8. The first-order chi connectivity index (χ1) is 17.0. The van der Waals surface area contributed by atoms with Crippen LogP contribution in [-0.4, -0.2) is 42.4 Å². The normalized spacial score (nSPS) is 18.3. The van der Waals surface area contributed by atoms with E-state index in [1.54, 1.807) is 30.8 Å². The number of hydrogen-bond donors (Lipinski definition) is 3. The molecule has 0 radical (unpaired) electrons. The van der Waals surface area contributed by atoms with Gasteiger partial charge in [0, 0.05) is 46.4 Å². The SMILES string of the molecule is COc1ccc(N(C)C(=O)[C@@H]2Cc3cccc(c3)SCc3[nH]c4ccccc4c3CC(O)N2)cc1. The Morgan fingerprint density at radius 3 is 2.66 bits per heavy atom. The number of para-hydroxylation sites is 1. The Labute approximate surface area is 209 Å². The number of fused-ring (bicyclic) bond motifs is 5. The molecule has 0 aliphatic carbocycles. The third-order valence-corrected chi connectivity index (χ3v) is 7.52. The first kappa shape index (κ1) is 23.5. The average Bonchev–Trinajstić information content (AvgIpc) is 3.23. The number of aliphatic hydroxyl groups excluding tert-OH is 1. The Morgan fingerprint density at radius 1 is 1.06 bits per heavy atom. The van der Waals surface area contributed by atoms with Crippen molar-refractivity contribution in [3.05, 3.63) is 89.6 Å². The number of aliphatic hydroxyl groups is 1. The number of anilines is 1. The van der Waals surface area contributed by atoms with E-state index in [4.69, 9.17) is 4.74 Å². The fraction of sp³-hybridized carbons (Fsp3) is 0.250. The molecule has 0 saturated heterocycles. The molecule has 2 heterocycles.